The van der Waals surface area contributed by atoms with Crippen LogP contribution in [0.1, 0.15) is 80.1 Å². The highest BCUT2D eigenvalue weighted by Gasteiger charge is 2.31. The molecule has 2 fully saturated rings. The van der Waals surface area contributed by atoms with Gasteiger partial charge in [-0.1, -0.05) is 12.1 Å². The SMILES string of the molecule is CC(C)(C)OC(=O)N1CCCCC1CN.CC(C)(C)OC(=O)N1CCCCC1CNc1nc2ccccc2[nH]1. The van der Waals surface area contributed by atoms with Gasteiger partial charge in [0.2, 0.25) is 5.95 Å². The fourth-order valence-electron chi connectivity index (χ4n) is 4.83. The lowest BCUT2D eigenvalue weighted by molar-refractivity contribution is 0.0101. The first-order chi connectivity index (χ1) is 18.4. The van der Waals surface area contributed by atoms with Crippen molar-refractivity contribution in [3.8, 4) is 0 Å². The molecular weight excluding hydrogens is 496 g/mol. The van der Waals surface area contributed by atoms with Gasteiger partial charge >= 0.3 is 12.2 Å². The lowest BCUT2D eigenvalue weighted by Crippen LogP contribution is -2.49. The van der Waals surface area contributed by atoms with Crippen LogP contribution in [0.15, 0.2) is 24.3 Å². The molecule has 2 atom stereocenters. The third kappa shape index (κ3) is 9.60. The molecule has 2 aliphatic rings. The molecule has 0 spiro atoms. The Hall–Kier alpha value is -3.01. The first-order valence-electron chi connectivity index (χ1n) is 14.2. The number of anilines is 1. The highest BCUT2D eigenvalue weighted by atomic mass is 16.6. The molecule has 1 aromatic heterocycles. The number of likely N-dealkylation sites (tertiary alicyclic amines) is 2. The predicted octanol–water partition coefficient (Wildman–Crippen LogP) is 5.50. The van der Waals surface area contributed by atoms with Crippen LogP contribution in [0.25, 0.3) is 11.0 Å². The Morgan fingerprint density at radius 3 is 2.00 bits per heavy atom. The molecule has 4 N–H and O–H groups in total. The van der Waals surface area contributed by atoms with Crippen LogP contribution in [0.3, 0.4) is 0 Å². The van der Waals surface area contributed by atoms with E-state index in [1.165, 1.54) is 0 Å². The normalized spacial score (nSPS) is 20.2. The highest BCUT2D eigenvalue weighted by molar-refractivity contribution is 5.77. The van der Waals surface area contributed by atoms with E-state index in [1.807, 2.05) is 70.7 Å². The number of hydrogen-bond acceptors (Lipinski definition) is 7. The summed E-state index contributed by atoms with van der Waals surface area (Å²) in [6.07, 6.45) is 5.89. The molecule has 0 radical (unpaired) electrons. The summed E-state index contributed by atoms with van der Waals surface area (Å²) in [5.74, 6) is 0.742. The summed E-state index contributed by atoms with van der Waals surface area (Å²) in [5.41, 5.74) is 6.70. The van der Waals surface area contributed by atoms with E-state index < -0.39 is 11.2 Å². The molecule has 39 heavy (non-hydrogen) atoms. The van der Waals surface area contributed by atoms with Gasteiger partial charge < -0.3 is 35.3 Å². The standard InChI is InChI=1S/C18H26N4O2.C11H22N2O2/c1-18(2,3)24-17(23)22-11-7-6-8-13(22)12-19-16-20-14-9-4-5-10-15(14)21-16;1-11(2,3)15-10(14)13-7-5-4-6-9(13)8-12/h4-5,9-10,13H,6-8,11-12H2,1-3H3,(H2,19,20,21);9H,4-8,12H2,1-3H3. The molecular formula is C29H48N6O4. The topological polar surface area (TPSA) is 126 Å². The second-order valence-corrected chi connectivity index (χ2v) is 12.4. The number of ether oxygens (including phenoxy) is 2. The first kappa shape index (κ1) is 30.5. The molecule has 2 saturated heterocycles. The van der Waals surface area contributed by atoms with Crippen LogP contribution in [0, 0.1) is 0 Å². The van der Waals surface area contributed by atoms with Crippen LogP contribution in [0.4, 0.5) is 15.5 Å². The lowest BCUT2D eigenvalue weighted by atomic mass is 10.0. The highest BCUT2D eigenvalue weighted by Crippen LogP contribution is 2.22. The van der Waals surface area contributed by atoms with Crippen molar-refractivity contribution >= 4 is 29.2 Å². The Labute approximate surface area is 233 Å². The third-order valence-electron chi connectivity index (χ3n) is 6.68. The van der Waals surface area contributed by atoms with Gasteiger partial charge in [0, 0.05) is 32.2 Å². The van der Waals surface area contributed by atoms with E-state index in [2.05, 4.69) is 15.3 Å². The summed E-state index contributed by atoms with van der Waals surface area (Å²) < 4.78 is 10.9. The number of fused-ring (bicyclic) bond motifs is 1. The summed E-state index contributed by atoms with van der Waals surface area (Å²) in [5, 5.41) is 3.34. The van der Waals surface area contributed by atoms with Crippen molar-refractivity contribution in [3.05, 3.63) is 24.3 Å². The molecule has 3 heterocycles. The number of hydrogen-bond donors (Lipinski definition) is 3. The van der Waals surface area contributed by atoms with Gasteiger partial charge in [-0.05, 0) is 92.2 Å². The number of carbonyl (C=O) groups is 2. The van der Waals surface area contributed by atoms with E-state index in [0.29, 0.717) is 13.1 Å². The van der Waals surface area contributed by atoms with Crippen molar-refractivity contribution in [3.63, 3.8) is 0 Å². The second-order valence-electron chi connectivity index (χ2n) is 12.4. The smallest absolute Gasteiger partial charge is 0.410 e. The Balaban J connectivity index is 0.000000242. The summed E-state index contributed by atoms with van der Waals surface area (Å²) in [4.78, 5) is 35.7. The molecule has 10 nitrogen and oxygen atoms in total. The molecule has 10 heteroatoms. The number of para-hydroxylation sites is 2. The predicted molar refractivity (Wildman–Crippen MR) is 155 cm³/mol. The maximum Gasteiger partial charge on any atom is 0.410 e. The number of nitrogens with one attached hydrogen (secondary N) is 2. The van der Waals surface area contributed by atoms with Gasteiger partial charge in [-0.2, -0.15) is 0 Å². The number of benzene rings is 1. The molecule has 0 saturated carbocycles. The monoisotopic (exact) mass is 544 g/mol. The fourth-order valence-corrected chi connectivity index (χ4v) is 4.83. The Bertz CT molecular complexity index is 1040. The van der Waals surface area contributed by atoms with E-state index in [-0.39, 0.29) is 24.3 Å². The van der Waals surface area contributed by atoms with Crippen LogP contribution in [0.2, 0.25) is 0 Å². The molecule has 2 amide bonds. The van der Waals surface area contributed by atoms with E-state index >= 15 is 0 Å². The van der Waals surface area contributed by atoms with E-state index in [1.54, 1.807) is 4.90 Å². The lowest BCUT2D eigenvalue weighted by Gasteiger charge is -2.36. The second kappa shape index (κ2) is 13.4. The number of H-pyrrole nitrogens is 1. The Morgan fingerprint density at radius 2 is 1.46 bits per heavy atom. The van der Waals surface area contributed by atoms with Gasteiger partial charge in [-0.3, -0.25) is 0 Å². The van der Waals surface area contributed by atoms with Gasteiger partial charge in [0.05, 0.1) is 17.1 Å². The number of nitrogens with zero attached hydrogens (tertiary/aromatic N) is 3. The van der Waals surface area contributed by atoms with Gasteiger partial charge in [0.1, 0.15) is 11.2 Å². The van der Waals surface area contributed by atoms with E-state index in [0.717, 1.165) is 68.6 Å². The number of nitrogens with two attached hydrogens (primary N) is 1. The van der Waals surface area contributed by atoms with Crippen molar-refractivity contribution in [2.45, 2.75) is 103 Å². The zero-order valence-electron chi connectivity index (χ0n) is 24.6. The molecule has 0 bridgehead atoms. The van der Waals surface area contributed by atoms with Crippen LogP contribution in [-0.4, -0.2) is 81.4 Å². The maximum atomic E-state index is 12.4. The third-order valence-corrected chi connectivity index (χ3v) is 6.68. The summed E-state index contributed by atoms with van der Waals surface area (Å²) in [6, 6.07) is 8.22. The Morgan fingerprint density at radius 1 is 0.923 bits per heavy atom. The van der Waals surface area contributed by atoms with Crippen molar-refractivity contribution in [2.24, 2.45) is 5.73 Å². The van der Waals surface area contributed by atoms with Gasteiger partial charge in [0.15, 0.2) is 0 Å². The number of aromatic amines is 1. The van der Waals surface area contributed by atoms with Crippen molar-refractivity contribution < 1.29 is 19.1 Å². The molecule has 2 aromatic rings. The van der Waals surface area contributed by atoms with Gasteiger partial charge in [0.25, 0.3) is 0 Å². The quantitative estimate of drug-likeness (QED) is 0.464. The van der Waals surface area contributed by atoms with Crippen LogP contribution in [0.5, 0.6) is 0 Å². The minimum atomic E-state index is -0.467. The first-order valence-corrected chi connectivity index (χ1v) is 14.2. The zero-order valence-corrected chi connectivity index (χ0v) is 24.6. The summed E-state index contributed by atoms with van der Waals surface area (Å²) in [6.45, 7) is 14.1. The number of carbonyl (C=O) groups excluding carboxylic acids is 2. The van der Waals surface area contributed by atoms with Crippen LogP contribution in [-0.2, 0) is 9.47 Å². The van der Waals surface area contributed by atoms with Crippen molar-refractivity contribution in [1.82, 2.24) is 19.8 Å². The number of piperidine rings is 2. The van der Waals surface area contributed by atoms with Gasteiger partial charge in [-0.15, -0.1) is 0 Å². The fraction of sp³-hybridized carbons (Fsp3) is 0.690. The molecule has 0 aliphatic carbocycles. The minimum absolute atomic E-state index is 0.127. The van der Waals surface area contributed by atoms with Crippen LogP contribution >= 0.6 is 0 Å². The Kier molecular flexibility index (Phi) is 10.5. The zero-order chi connectivity index (χ0) is 28.6. The van der Waals surface area contributed by atoms with E-state index in [4.69, 9.17) is 15.2 Å². The average molecular weight is 545 g/mol. The summed E-state index contributed by atoms with van der Waals surface area (Å²) >= 11 is 0. The number of imidazole rings is 1. The van der Waals surface area contributed by atoms with E-state index in [9.17, 15) is 9.59 Å². The molecule has 2 aliphatic heterocycles. The maximum absolute atomic E-state index is 12.4. The van der Waals surface area contributed by atoms with Gasteiger partial charge in [-0.25, -0.2) is 14.6 Å². The number of amides is 2. The molecule has 2 unspecified atom stereocenters. The number of rotatable bonds is 4. The summed E-state index contributed by atoms with van der Waals surface area (Å²) in [7, 11) is 0. The van der Waals surface area contributed by atoms with Crippen molar-refractivity contribution in [2.75, 3.05) is 31.5 Å². The number of aromatic nitrogens is 2. The minimum Gasteiger partial charge on any atom is -0.444 e. The molecule has 1 aromatic carbocycles. The molecule has 218 valence electrons. The van der Waals surface area contributed by atoms with Crippen LogP contribution < -0.4 is 11.1 Å². The largest absolute Gasteiger partial charge is 0.444 e. The average Bonchev–Trinajstić information content (AvgIpc) is 3.29. The molecule has 4 rings (SSSR count). The van der Waals surface area contributed by atoms with Crippen molar-refractivity contribution in [1.29, 1.82) is 0 Å².